The molecule has 23 heavy (non-hydrogen) atoms. The molecule has 1 aliphatic heterocycles. The second kappa shape index (κ2) is 7.18. The van der Waals surface area contributed by atoms with Crippen LogP contribution in [-0.2, 0) is 19.6 Å². The lowest BCUT2D eigenvalue weighted by Gasteiger charge is -2.34. The normalized spacial score (nSPS) is 18.7. The first kappa shape index (κ1) is 17.6. The Morgan fingerprint density at radius 3 is 2.83 bits per heavy atom. The van der Waals surface area contributed by atoms with Crippen molar-refractivity contribution in [2.45, 2.75) is 26.0 Å². The van der Waals surface area contributed by atoms with E-state index >= 15 is 0 Å². The minimum Gasteiger partial charge on any atom is -0.476 e. The summed E-state index contributed by atoms with van der Waals surface area (Å²) in [6, 6.07) is 6.62. The quantitative estimate of drug-likeness (QED) is 0.825. The summed E-state index contributed by atoms with van der Waals surface area (Å²) in [4.78, 5) is 12.3. The van der Waals surface area contributed by atoms with Gasteiger partial charge < -0.3 is 14.8 Å². The van der Waals surface area contributed by atoms with Crippen molar-refractivity contribution < 1.29 is 22.7 Å². The maximum absolute atomic E-state index is 12.3. The number of amides is 1. The van der Waals surface area contributed by atoms with Crippen LogP contribution in [0.2, 0.25) is 0 Å². The van der Waals surface area contributed by atoms with E-state index < -0.39 is 16.1 Å². The van der Waals surface area contributed by atoms with Gasteiger partial charge in [0.25, 0.3) is 5.91 Å². The number of anilines is 1. The van der Waals surface area contributed by atoms with Crippen molar-refractivity contribution in [3.63, 3.8) is 0 Å². The Labute approximate surface area is 136 Å². The molecular weight excluding hydrogens is 320 g/mol. The van der Waals surface area contributed by atoms with Gasteiger partial charge in [0.1, 0.15) is 5.75 Å². The molecule has 1 amide bonds. The topological polar surface area (TPSA) is 84.9 Å². The Bertz CT molecular complexity index is 662. The highest BCUT2D eigenvalue weighted by Crippen LogP contribution is 2.35. The summed E-state index contributed by atoms with van der Waals surface area (Å²) in [7, 11) is -1.94. The van der Waals surface area contributed by atoms with Gasteiger partial charge in [-0.1, -0.05) is 12.1 Å². The number of hydrogen-bond acceptors (Lipinski definition) is 5. The summed E-state index contributed by atoms with van der Waals surface area (Å²) in [6.07, 6.45) is -0.898. The van der Waals surface area contributed by atoms with Gasteiger partial charge in [-0.25, -0.2) is 8.42 Å². The molecule has 0 spiro atoms. The highest BCUT2D eigenvalue weighted by molar-refractivity contribution is 7.92. The average Bonchev–Trinajstić information content (AvgIpc) is 2.53. The van der Waals surface area contributed by atoms with Crippen LogP contribution in [0.5, 0.6) is 5.75 Å². The van der Waals surface area contributed by atoms with Crippen LogP contribution in [0.3, 0.4) is 0 Å². The van der Waals surface area contributed by atoms with Crippen molar-refractivity contribution in [2.75, 3.05) is 30.3 Å². The van der Waals surface area contributed by atoms with Crippen LogP contribution < -0.4 is 14.4 Å². The Balaban J connectivity index is 2.25. The van der Waals surface area contributed by atoms with Crippen molar-refractivity contribution in [1.82, 2.24) is 5.32 Å². The van der Waals surface area contributed by atoms with Crippen LogP contribution >= 0.6 is 0 Å². The van der Waals surface area contributed by atoms with E-state index in [0.717, 1.165) is 0 Å². The number of carbonyl (C=O) groups excluding carboxylic acids is 1. The summed E-state index contributed by atoms with van der Waals surface area (Å²) >= 11 is 0. The lowest BCUT2D eigenvalue weighted by atomic mass is 10.2. The Hall–Kier alpha value is -1.80. The van der Waals surface area contributed by atoms with Crippen LogP contribution in [0.1, 0.15) is 13.8 Å². The lowest BCUT2D eigenvalue weighted by Crippen LogP contribution is -2.52. The van der Waals surface area contributed by atoms with E-state index in [1.165, 1.54) is 4.31 Å². The van der Waals surface area contributed by atoms with E-state index in [0.29, 0.717) is 18.0 Å². The van der Waals surface area contributed by atoms with E-state index in [1.54, 1.807) is 45.2 Å². The van der Waals surface area contributed by atoms with Gasteiger partial charge in [-0.15, -0.1) is 0 Å². The summed E-state index contributed by atoms with van der Waals surface area (Å²) in [6.45, 7) is 3.70. The van der Waals surface area contributed by atoms with Crippen molar-refractivity contribution in [1.29, 1.82) is 0 Å². The number of rotatable bonds is 6. The van der Waals surface area contributed by atoms with E-state index in [4.69, 9.17) is 9.47 Å². The number of ether oxygens (including phenoxy) is 2. The van der Waals surface area contributed by atoms with E-state index in [-0.39, 0.29) is 24.2 Å². The summed E-state index contributed by atoms with van der Waals surface area (Å²) < 4.78 is 36.6. The zero-order valence-electron chi connectivity index (χ0n) is 13.5. The Morgan fingerprint density at radius 1 is 1.48 bits per heavy atom. The molecule has 2 unspecified atom stereocenters. The molecule has 7 nitrogen and oxygen atoms in total. The van der Waals surface area contributed by atoms with Crippen molar-refractivity contribution >= 4 is 21.6 Å². The molecule has 0 radical (unpaired) electrons. The first-order valence-electron chi connectivity index (χ1n) is 7.44. The minimum absolute atomic E-state index is 0.0429. The fourth-order valence-corrected chi connectivity index (χ4v) is 3.51. The third-order valence-corrected chi connectivity index (χ3v) is 5.28. The van der Waals surface area contributed by atoms with Gasteiger partial charge in [-0.05, 0) is 26.0 Å². The van der Waals surface area contributed by atoms with E-state index in [2.05, 4.69) is 5.32 Å². The molecule has 0 fully saturated rings. The number of benzene rings is 1. The number of carbonyl (C=O) groups is 1. The molecule has 0 aliphatic carbocycles. The number of para-hydroxylation sites is 2. The molecular formula is C15H22N2O5S. The molecule has 8 heteroatoms. The Morgan fingerprint density at radius 2 is 2.17 bits per heavy atom. The number of fused-ring (bicyclic) bond motifs is 1. The van der Waals surface area contributed by atoms with Crippen LogP contribution in [-0.4, -0.2) is 52.5 Å². The Kier molecular flexibility index (Phi) is 5.48. The highest BCUT2D eigenvalue weighted by Gasteiger charge is 2.36. The zero-order valence-corrected chi connectivity index (χ0v) is 14.3. The summed E-state index contributed by atoms with van der Waals surface area (Å²) in [5, 5.41) is 2.76. The predicted octanol–water partition coefficient (Wildman–Crippen LogP) is 0.755. The number of hydrogen-bond donors (Lipinski definition) is 1. The summed E-state index contributed by atoms with van der Waals surface area (Å²) in [5.74, 6) is -0.0221. The minimum atomic E-state index is -3.49. The lowest BCUT2D eigenvalue weighted by molar-refractivity contribution is -0.128. The molecule has 128 valence electrons. The third kappa shape index (κ3) is 3.94. The highest BCUT2D eigenvalue weighted by atomic mass is 32.2. The number of nitrogens with zero attached hydrogens (tertiary/aromatic N) is 1. The number of sulfonamides is 1. The van der Waals surface area contributed by atoms with Crippen LogP contribution in [0, 0.1) is 0 Å². The van der Waals surface area contributed by atoms with Gasteiger partial charge in [0, 0.05) is 13.2 Å². The molecule has 0 saturated heterocycles. The van der Waals surface area contributed by atoms with Gasteiger partial charge in [-0.2, -0.15) is 0 Å². The molecule has 0 aromatic heterocycles. The number of methoxy groups -OCH3 is 1. The van der Waals surface area contributed by atoms with Gasteiger partial charge in [0.05, 0.1) is 24.6 Å². The fourth-order valence-electron chi connectivity index (χ4n) is 2.39. The van der Waals surface area contributed by atoms with Gasteiger partial charge in [-0.3, -0.25) is 9.10 Å². The van der Waals surface area contributed by atoms with Crippen molar-refractivity contribution in [2.24, 2.45) is 0 Å². The molecule has 1 heterocycles. The second-order valence-electron chi connectivity index (χ2n) is 5.37. The maximum atomic E-state index is 12.3. The van der Waals surface area contributed by atoms with Crippen LogP contribution in [0.25, 0.3) is 0 Å². The molecule has 2 atom stereocenters. The molecule has 0 bridgehead atoms. The first-order chi connectivity index (χ1) is 10.9. The van der Waals surface area contributed by atoms with Crippen molar-refractivity contribution in [3.05, 3.63) is 24.3 Å². The molecule has 1 aromatic carbocycles. The van der Waals surface area contributed by atoms with Crippen LogP contribution in [0.15, 0.2) is 24.3 Å². The van der Waals surface area contributed by atoms with Crippen LogP contribution in [0.4, 0.5) is 5.69 Å². The SMILES string of the molecule is CCS(=O)(=O)N1CC(C(=O)NC(C)COC)Oc2ccccc21. The van der Waals surface area contributed by atoms with Gasteiger partial charge in [0.15, 0.2) is 6.10 Å². The molecule has 2 rings (SSSR count). The molecule has 1 aromatic rings. The van der Waals surface area contributed by atoms with Crippen molar-refractivity contribution in [3.8, 4) is 5.75 Å². The molecule has 1 aliphatic rings. The standard InChI is InChI=1S/C15H22N2O5S/c1-4-23(19,20)17-9-14(15(18)16-11(2)10-21-3)22-13-8-6-5-7-12(13)17/h5-8,11,14H,4,9-10H2,1-3H3,(H,16,18). The largest absolute Gasteiger partial charge is 0.476 e. The smallest absolute Gasteiger partial charge is 0.263 e. The third-order valence-electron chi connectivity index (χ3n) is 3.53. The fraction of sp³-hybridized carbons (Fsp3) is 0.533. The van der Waals surface area contributed by atoms with E-state index in [1.807, 2.05) is 0 Å². The molecule has 1 N–H and O–H groups in total. The average molecular weight is 342 g/mol. The first-order valence-corrected chi connectivity index (χ1v) is 9.05. The maximum Gasteiger partial charge on any atom is 0.263 e. The predicted molar refractivity (Wildman–Crippen MR) is 87.1 cm³/mol. The summed E-state index contributed by atoms with van der Waals surface area (Å²) in [5.41, 5.74) is 0.461. The number of nitrogens with one attached hydrogen (secondary N) is 1. The zero-order chi connectivity index (χ0) is 17.0. The van der Waals surface area contributed by atoms with Gasteiger partial charge >= 0.3 is 0 Å². The van der Waals surface area contributed by atoms with Gasteiger partial charge in [0.2, 0.25) is 10.0 Å². The monoisotopic (exact) mass is 342 g/mol. The van der Waals surface area contributed by atoms with E-state index in [9.17, 15) is 13.2 Å². The second-order valence-corrected chi connectivity index (χ2v) is 7.55. The molecule has 0 saturated carbocycles.